The number of fused-ring (bicyclic) bond motifs is 3. The molecule has 50 heavy (non-hydrogen) atoms. The molecule has 1 aromatic heterocycles. The third-order valence-corrected chi connectivity index (χ3v) is 11.0. The Morgan fingerprint density at radius 3 is 2.18 bits per heavy atom. The van der Waals surface area contributed by atoms with Gasteiger partial charge in [0.1, 0.15) is 11.6 Å². The van der Waals surface area contributed by atoms with Gasteiger partial charge in [0.05, 0.1) is 0 Å². The summed E-state index contributed by atoms with van der Waals surface area (Å²) in [4.78, 5) is 20.4. The number of aliphatic hydroxyl groups is 1. The molecule has 1 N–H and O–H groups in total. The number of aromatic nitrogens is 2. The number of anilines is 1. The van der Waals surface area contributed by atoms with Crippen molar-refractivity contribution in [3.8, 4) is 28.3 Å². The summed E-state index contributed by atoms with van der Waals surface area (Å²) in [6.07, 6.45) is -1.40. The van der Waals surface area contributed by atoms with Crippen LogP contribution in [0.4, 0.5) is 32.0 Å². The van der Waals surface area contributed by atoms with E-state index in [4.69, 9.17) is 4.52 Å². The Balaban J connectivity index is 1.11. The number of carbonyl (C=O) groups excluding carboxylic acids is 1. The number of carbonyl (C=O) groups is 1. The molecule has 1 amide bonds. The van der Waals surface area contributed by atoms with E-state index >= 15 is 0 Å². The quantitative estimate of drug-likeness (QED) is 0.167. The van der Waals surface area contributed by atoms with Crippen LogP contribution in [0.25, 0.3) is 22.6 Å². The van der Waals surface area contributed by atoms with Crippen molar-refractivity contribution in [2.75, 3.05) is 11.4 Å². The molecule has 264 valence electrons. The first-order chi connectivity index (χ1) is 23.8. The Morgan fingerprint density at radius 2 is 1.56 bits per heavy atom. The Morgan fingerprint density at radius 1 is 0.920 bits per heavy atom. The molecule has 2 bridgehead atoms. The third kappa shape index (κ3) is 6.59. The summed E-state index contributed by atoms with van der Waals surface area (Å²) >= 11 is 0. The van der Waals surface area contributed by atoms with Gasteiger partial charge in [0.25, 0.3) is 5.89 Å². The maximum atomic E-state index is 14.0. The van der Waals surface area contributed by atoms with Gasteiger partial charge in [0.2, 0.25) is 5.91 Å². The minimum absolute atomic E-state index is 0.00768. The lowest BCUT2D eigenvalue weighted by Gasteiger charge is -2.53. The second kappa shape index (κ2) is 12.7. The van der Waals surface area contributed by atoms with Crippen molar-refractivity contribution < 1.29 is 45.5 Å². The summed E-state index contributed by atoms with van der Waals surface area (Å²) in [6, 6.07) is 19.2. The molecule has 3 aromatic carbocycles. The van der Waals surface area contributed by atoms with E-state index in [1.807, 2.05) is 12.1 Å². The van der Waals surface area contributed by atoms with Gasteiger partial charge >= 0.3 is 12.8 Å². The molecule has 4 aliphatic rings. The molecule has 1 heterocycles. The topological polar surface area (TPSA) is 88.7 Å². The molecule has 0 atom stereocenters. The van der Waals surface area contributed by atoms with E-state index in [-0.39, 0.29) is 34.7 Å². The standard InChI is InChI=1S/C37H35F6N3O4/c38-27-8-4-25(5-9-27)31-44-32(45-50-31)35-15-12-34(13-16-35,14-17-35)22-46(30(47)18-23-20-36(48,21-23)37(41,42)43)28-3-1-2-26(19-28)24-6-10-29(11-7-24)49-33(39)40/h1-11,19,23,33,48H,12-18,20-22H2. The van der Waals surface area contributed by atoms with Crippen LogP contribution in [0.3, 0.4) is 0 Å². The van der Waals surface area contributed by atoms with Crippen molar-refractivity contribution in [1.82, 2.24) is 10.1 Å². The fourth-order valence-corrected chi connectivity index (χ4v) is 7.95. The fraction of sp³-hybridized carbons (Fsp3) is 0.432. The normalized spacial score (nSPS) is 26.1. The largest absolute Gasteiger partial charge is 0.435 e. The number of alkyl halides is 5. The van der Waals surface area contributed by atoms with E-state index in [9.17, 15) is 36.2 Å². The zero-order valence-corrected chi connectivity index (χ0v) is 26.9. The van der Waals surface area contributed by atoms with Gasteiger partial charge in [-0.25, -0.2) is 4.39 Å². The van der Waals surface area contributed by atoms with Gasteiger partial charge in [-0.3, -0.25) is 4.79 Å². The summed E-state index contributed by atoms with van der Waals surface area (Å²) in [5.74, 6) is -0.368. The highest BCUT2D eigenvalue weighted by molar-refractivity contribution is 5.94. The minimum atomic E-state index is -4.76. The van der Waals surface area contributed by atoms with Crippen molar-refractivity contribution in [3.05, 3.63) is 84.4 Å². The molecule has 4 fully saturated rings. The van der Waals surface area contributed by atoms with Gasteiger partial charge < -0.3 is 19.3 Å². The molecule has 0 saturated heterocycles. The minimum Gasteiger partial charge on any atom is -0.435 e. The first kappa shape index (κ1) is 34.1. The summed E-state index contributed by atoms with van der Waals surface area (Å²) < 4.78 is 88.9. The molecule has 4 aliphatic carbocycles. The van der Waals surface area contributed by atoms with Crippen LogP contribution in [0.2, 0.25) is 0 Å². The Hall–Kier alpha value is -4.39. The van der Waals surface area contributed by atoms with Crippen LogP contribution in [0.15, 0.2) is 77.3 Å². The maximum Gasteiger partial charge on any atom is 0.417 e. The number of benzene rings is 3. The van der Waals surface area contributed by atoms with Crippen molar-refractivity contribution >= 4 is 11.6 Å². The van der Waals surface area contributed by atoms with Gasteiger partial charge in [-0.2, -0.15) is 26.9 Å². The zero-order valence-electron chi connectivity index (χ0n) is 26.9. The lowest BCUT2D eigenvalue weighted by atomic mass is 9.53. The van der Waals surface area contributed by atoms with Crippen LogP contribution in [0.1, 0.15) is 63.6 Å². The second-order valence-corrected chi connectivity index (χ2v) is 14.2. The van der Waals surface area contributed by atoms with Crippen molar-refractivity contribution in [2.24, 2.45) is 11.3 Å². The van der Waals surface area contributed by atoms with Crippen LogP contribution in [-0.4, -0.2) is 46.1 Å². The number of halogens is 6. The monoisotopic (exact) mass is 699 g/mol. The predicted octanol–water partition coefficient (Wildman–Crippen LogP) is 8.86. The van der Waals surface area contributed by atoms with Gasteiger partial charge in [0, 0.05) is 29.6 Å². The van der Waals surface area contributed by atoms with Crippen LogP contribution in [0, 0.1) is 17.2 Å². The Labute approximate surface area is 284 Å². The summed E-state index contributed by atoms with van der Waals surface area (Å²) in [6.45, 7) is -2.60. The zero-order chi connectivity index (χ0) is 35.3. The molecule has 4 aromatic rings. The van der Waals surface area contributed by atoms with Gasteiger partial charge in [-0.15, -0.1) is 0 Å². The first-order valence-electron chi connectivity index (χ1n) is 16.6. The van der Waals surface area contributed by atoms with E-state index in [1.54, 1.807) is 41.3 Å². The lowest BCUT2D eigenvalue weighted by Crippen LogP contribution is -2.56. The van der Waals surface area contributed by atoms with Crippen molar-refractivity contribution in [3.63, 3.8) is 0 Å². The molecule has 0 aliphatic heterocycles. The van der Waals surface area contributed by atoms with Crippen LogP contribution in [0.5, 0.6) is 5.75 Å². The molecule has 0 unspecified atom stereocenters. The number of rotatable bonds is 10. The van der Waals surface area contributed by atoms with E-state index in [2.05, 4.69) is 14.9 Å². The number of hydrogen-bond acceptors (Lipinski definition) is 6. The van der Waals surface area contributed by atoms with Gasteiger partial charge in [-0.1, -0.05) is 29.4 Å². The van der Waals surface area contributed by atoms with Crippen molar-refractivity contribution in [2.45, 2.75) is 81.6 Å². The lowest BCUT2D eigenvalue weighted by molar-refractivity contribution is -0.298. The Bertz CT molecular complexity index is 1810. The summed E-state index contributed by atoms with van der Waals surface area (Å²) in [5.41, 5.74) is -0.709. The van der Waals surface area contributed by atoms with Crippen LogP contribution < -0.4 is 9.64 Å². The number of ether oxygens (including phenoxy) is 1. The second-order valence-electron chi connectivity index (χ2n) is 14.2. The van der Waals surface area contributed by atoms with Gasteiger partial charge in [-0.05, 0) is 122 Å². The molecule has 0 radical (unpaired) electrons. The highest BCUT2D eigenvalue weighted by Crippen LogP contribution is 2.58. The molecule has 13 heteroatoms. The highest BCUT2D eigenvalue weighted by atomic mass is 19.4. The van der Waals surface area contributed by atoms with E-state index in [0.717, 1.165) is 44.1 Å². The average molecular weight is 700 g/mol. The van der Waals surface area contributed by atoms with Crippen LogP contribution in [-0.2, 0) is 10.2 Å². The molecule has 0 spiro atoms. The first-order valence-corrected chi connectivity index (χ1v) is 16.6. The SMILES string of the molecule is O=C(CC1CC(O)(C(F)(F)F)C1)N(CC12CCC(c3noc(-c4ccc(F)cc4)n3)(CC1)CC2)c1cccc(-c2ccc(OC(F)F)cc2)c1. The molecule has 4 saturated carbocycles. The Kier molecular flexibility index (Phi) is 8.68. The van der Waals surface area contributed by atoms with E-state index < -0.39 is 37.1 Å². The molecular weight excluding hydrogens is 664 g/mol. The molecule has 7 nitrogen and oxygen atoms in total. The third-order valence-electron chi connectivity index (χ3n) is 11.0. The highest BCUT2D eigenvalue weighted by Gasteiger charge is 2.61. The van der Waals surface area contributed by atoms with Gasteiger partial charge in [0.15, 0.2) is 11.4 Å². The maximum absolute atomic E-state index is 14.0. The molecular formula is C37H35F6N3O4. The summed E-state index contributed by atoms with van der Waals surface area (Å²) in [7, 11) is 0. The van der Waals surface area contributed by atoms with E-state index in [0.29, 0.717) is 35.1 Å². The average Bonchev–Trinajstić information content (AvgIpc) is 3.59. The number of nitrogens with zero attached hydrogens (tertiary/aromatic N) is 3. The number of amides is 1. The van der Waals surface area contributed by atoms with E-state index in [1.165, 1.54) is 24.3 Å². The molecule has 8 rings (SSSR count). The van der Waals surface area contributed by atoms with Crippen molar-refractivity contribution in [1.29, 1.82) is 0 Å². The number of hydrogen-bond donors (Lipinski definition) is 1. The predicted molar refractivity (Wildman–Crippen MR) is 171 cm³/mol. The van der Waals surface area contributed by atoms with Crippen LogP contribution >= 0.6 is 0 Å². The smallest absolute Gasteiger partial charge is 0.417 e. The summed E-state index contributed by atoms with van der Waals surface area (Å²) in [5, 5.41) is 14.3. The fourth-order valence-electron chi connectivity index (χ4n) is 7.95.